The first-order chi connectivity index (χ1) is 13.0. The van der Waals surface area contributed by atoms with Gasteiger partial charge < -0.3 is 10.1 Å². The summed E-state index contributed by atoms with van der Waals surface area (Å²) in [5, 5.41) is 3.18. The van der Waals surface area contributed by atoms with E-state index in [0.717, 1.165) is 11.1 Å². The first kappa shape index (κ1) is 18.6. The molecule has 0 saturated heterocycles. The quantitative estimate of drug-likeness (QED) is 0.657. The number of hydrogen-bond donors (Lipinski definition) is 1. The number of rotatable bonds is 5. The van der Waals surface area contributed by atoms with E-state index in [1.54, 1.807) is 12.1 Å². The highest BCUT2D eigenvalue weighted by Crippen LogP contribution is 2.27. The summed E-state index contributed by atoms with van der Waals surface area (Å²) in [6.07, 6.45) is 0.405. The summed E-state index contributed by atoms with van der Waals surface area (Å²) in [6.45, 7) is 1.50. The smallest absolute Gasteiger partial charge is 0.357 e. The van der Waals surface area contributed by atoms with Crippen LogP contribution in [0.15, 0.2) is 72.9 Å². The molecule has 27 heavy (non-hydrogen) atoms. The number of amides is 1. The fraction of sp³-hybridized carbons (Fsp3) is 0.0952. The number of esters is 1. The molecule has 6 heteroatoms. The lowest BCUT2D eigenvalue weighted by Crippen LogP contribution is -2.30. The van der Waals surface area contributed by atoms with Crippen molar-refractivity contribution in [1.29, 1.82) is 0 Å². The van der Waals surface area contributed by atoms with Crippen LogP contribution in [0.5, 0.6) is 0 Å². The molecular weight excluding hydrogens is 364 g/mol. The average Bonchev–Trinajstić information content (AvgIpc) is 2.69. The molecule has 1 amide bonds. The van der Waals surface area contributed by atoms with Gasteiger partial charge in [-0.15, -0.1) is 0 Å². The van der Waals surface area contributed by atoms with E-state index in [-0.39, 0.29) is 5.69 Å². The minimum Gasteiger partial charge on any atom is -0.448 e. The standard InChI is InChI=1S/C21H17ClN2O3/c1-14(27-21(26)19-13-16(22)11-12-23-19)20(25)24-18-10-6-5-9-17(18)15-7-3-2-4-8-15/h2-14H,1H3,(H,24,25)/t14-/m0/s1. The third-order valence-corrected chi connectivity index (χ3v) is 4.09. The van der Waals surface area contributed by atoms with Crippen LogP contribution in [-0.2, 0) is 9.53 Å². The van der Waals surface area contributed by atoms with Crippen molar-refractivity contribution in [3.8, 4) is 11.1 Å². The number of para-hydroxylation sites is 1. The van der Waals surface area contributed by atoms with Crippen LogP contribution in [0, 0.1) is 0 Å². The maximum atomic E-state index is 12.5. The maximum absolute atomic E-state index is 12.5. The number of hydrogen-bond acceptors (Lipinski definition) is 4. The Morgan fingerprint density at radius 2 is 1.74 bits per heavy atom. The van der Waals surface area contributed by atoms with Crippen LogP contribution >= 0.6 is 11.6 Å². The molecule has 1 aromatic heterocycles. The Bertz CT molecular complexity index is 960. The van der Waals surface area contributed by atoms with Crippen molar-refractivity contribution >= 4 is 29.2 Å². The van der Waals surface area contributed by atoms with Crippen LogP contribution in [0.25, 0.3) is 11.1 Å². The van der Waals surface area contributed by atoms with Gasteiger partial charge in [0.1, 0.15) is 5.69 Å². The number of aromatic nitrogens is 1. The normalized spacial score (nSPS) is 11.5. The predicted octanol–water partition coefficient (Wildman–Crippen LogP) is 4.59. The van der Waals surface area contributed by atoms with Crippen molar-refractivity contribution in [3.05, 3.63) is 83.6 Å². The molecule has 1 heterocycles. The van der Waals surface area contributed by atoms with Crippen molar-refractivity contribution < 1.29 is 14.3 Å². The summed E-state index contributed by atoms with van der Waals surface area (Å²) >= 11 is 5.84. The zero-order valence-electron chi connectivity index (χ0n) is 14.6. The van der Waals surface area contributed by atoms with E-state index < -0.39 is 18.0 Å². The number of nitrogens with zero attached hydrogens (tertiary/aromatic N) is 1. The lowest BCUT2D eigenvalue weighted by molar-refractivity contribution is -0.123. The van der Waals surface area contributed by atoms with Gasteiger partial charge in [0.05, 0.1) is 0 Å². The Balaban J connectivity index is 1.71. The summed E-state index contributed by atoms with van der Waals surface area (Å²) in [5.41, 5.74) is 2.53. The minimum absolute atomic E-state index is 0.0480. The Morgan fingerprint density at radius 3 is 2.48 bits per heavy atom. The van der Waals surface area contributed by atoms with Gasteiger partial charge in [-0.25, -0.2) is 9.78 Å². The van der Waals surface area contributed by atoms with Crippen molar-refractivity contribution in [2.45, 2.75) is 13.0 Å². The summed E-state index contributed by atoms with van der Waals surface area (Å²) in [4.78, 5) is 28.5. The molecule has 1 N–H and O–H groups in total. The Morgan fingerprint density at radius 1 is 1.04 bits per heavy atom. The maximum Gasteiger partial charge on any atom is 0.357 e. The van der Waals surface area contributed by atoms with Crippen molar-refractivity contribution in [2.24, 2.45) is 0 Å². The summed E-state index contributed by atoms with van der Waals surface area (Å²) < 4.78 is 5.20. The molecule has 2 aromatic carbocycles. The summed E-state index contributed by atoms with van der Waals surface area (Å²) in [5.74, 6) is -1.15. The van der Waals surface area contributed by atoms with E-state index in [9.17, 15) is 9.59 Å². The molecule has 0 unspecified atom stereocenters. The van der Waals surface area contributed by atoms with Gasteiger partial charge in [0.2, 0.25) is 0 Å². The highest BCUT2D eigenvalue weighted by atomic mass is 35.5. The third-order valence-electron chi connectivity index (χ3n) is 3.85. The highest BCUT2D eigenvalue weighted by molar-refractivity contribution is 6.30. The van der Waals surface area contributed by atoms with Crippen LogP contribution in [-0.4, -0.2) is 23.0 Å². The molecule has 0 aliphatic heterocycles. The molecule has 0 fully saturated rings. The van der Waals surface area contributed by atoms with Crippen LogP contribution in [0.3, 0.4) is 0 Å². The second-order valence-corrected chi connectivity index (χ2v) is 6.24. The van der Waals surface area contributed by atoms with Gasteiger partial charge in [-0.05, 0) is 30.7 Å². The van der Waals surface area contributed by atoms with Crippen molar-refractivity contribution in [2.75, 3.05) is 5.32 Å². The Labute approximate surface area is 162 Å². The zero-order chi connectivity index (χ0) is 19.2. The van der Waals surface area contributed by atoms with E-state index in [4.69, 9.17) is 16.3 Å². The van der Waals surface area contributed by atoms with Gasteiger partial charge >= 0.3 is 5.97 Å². The lowest BCUT2D eigenvalue weighted by atomic mass is 10.0. The van der Waals surface area contributed by atoms with Crippen LogP contribution in [0.1, 0.15) is 17.4 Å². The largest absolute Gasteiger partial charge is 0.448 e. The Kier molecular flexibility index (Phi) is 5.84. The number of ether oxygens (including phenoxy) is 1. The average molecular weight is 381 g/mol. The highest BCUT2D eigenvalue weighted by Gasteiger charge is 2.21. The zero-order valence-corrected chi connectivity index (χ0v) is 15.3. The first-order valence-corrected chi connectivity index (χ1v) is 8.70. The van der Waals surface area contributed by atoms with Gasteiger partial charge in [0.15, 0.2) is 6.10 Å². The monoisotopic (exact) mass is 380 g/mol. The number of pyridine rings is 1. The van der Waals surface area contributed by atoms with Gasteiger partial charge in [0, 0.05) is 22.5 Å². The van der Waals surface area contributed by atoms with Crippen LogP contribution < -0.4 is 5.32 Å². The topological polar surface area (TPSA) is 68.3 Å². The van der Waals surface area contributed by atoms with Crippen molar-refractivity contribution in [3.63, 3.8) is 0 Å². The molecule has 0 spiro atoms. The van der Waals surface area contributed by atoms with E-state index in [1.165, 1.54) is 19.2 Å². The molecule has 1 atom stereocenters. The molecule has 3 rings (SSSR count). The fourth-order valence-corrected chi connectivity index (χ4v) is 2.65. The van der Waals surface area contributed by atoms with Gasteiger partial charge in [0.25, 0.3) is 5.91 Å². The number of carbonyl (C=O) groups excluding carboxylic acids is 2. The van der Waals surface area contributed by atoms with E-state index in [2.05, 4.69) is 10.3 Å². The van der Waals surface area contributed by atoms with E-state index in [1.807, 2.05) is 48.5 Å². The SMILES string of the molecule is C[C@H](OC(=O)c1cc(Cl)ccn1)C(=O)Nc1ccccc1-c1ccccc1. The number of halogens is 1. The van der Waals surface area contributed by atoms with E-state index in [0.29, 0.717) is 10.7 Å². The molecule has 0 aliphatic carbocycles. The molecule has 0 aliphatic rings. The molecule has 0 bridgehead atoms. The molecule has 136 valence electrons. The number of anilines is 1. The fourth-order valence-electron chi connectivity index (χ4n) is 2.49. The summed E-state index contributed by atoms with van der Waals surface area (Å²) in [6, 6.07) is 20.1. The van der Waals surface area contributed by atoms with Crippen molar-refractivity contribution in [1.82, 2.24) is 4.98 Å². The van der Waals surface area contributed by atoms with E-state index >= 15 is 0 Å². The number of benzene rings is 2. The predicted molar refractivity (Wildman–Crippen MR) is 105 cm³/mol. The molecular formula is C21H17ClN2O3. The second-order valence-electron chi connectivity index (χ2n) is 5.81. The molecule has 3 aromatic rings. The van der Waals surface area contributed by atoms with Gasteiger partial charge in [-0.3, -0.25) is 4.79 Å². The second kappa shape index (κ2) is 8.47. The lowest BCUT2D eigenvalue weighted by Gasteiger charge is -2.15. The summed E-state index contributed by atoms with van der Waals surface area (Å²) in [7, 11) is 0. The van der Waals surface area contributed by atoms with Crippen LogP contribution in [0.2, 0.25) is 5.02 Å². The molecule has 0 saturated carbocycles. The number of nitrogens with one attached hydrogen (secondary N) is 1. The minimum atomic E-state index is -0.998. The first-order valence-electron chi connectivity index (χ1n) is 8.32. The third kappa shape index (κ3) is 4.71. The molecule has 0 radical (unpaired) electrons. The molecule has 5 nitrogen and oxygen atoms in total. The van der Waals surface area contributed by atoms with Gasteiger partial charge in [-0.1, -0.05) is 60.1 Å². The van der Waals surface area contributed by atoms with Crippen LogP contribution in [0.4, 0.5) is 5.69 Å². The van der Waals surface area contributed by atoms with Gasteiger partial charge in [-0.2, -0.15) is 0 Å². The Hall–Kier alpha value is -3.18. The number of carbonyl (C=O) groups is 2.